The van der Waals surface area contributed by atoms with Crippen molar-refractivity contribution in [3.63, 3.8) is 0 Å². The molecule has 0 saturated carbocycles. The van der Waals surface area contributed by atoms with E-state index in [-0.39, 0.29) is 36.1 Å². The van der Waals surface area contributed by atoms with E-state index in [0.717, 1.165) is 17.0 Å². The van der Waals surface area contributed by atoms with Crippen molar-refractivity contribution in [1.29, 1.82) is 0 Å². The summed E-state index contributed by atoms with van der Waals surface area (Å²) >= 11 is 5.97. The number of nitrogens with zero attached hydrogens (tertiary/aromatic N) is 2. The van der Waals surface area contributed by atoms with Crippen molar-refractivity contribution in [2.75, 3.05) is 6.79 Å². The fourth-order valence-corrected chi connectivity index (χ4v) is 3.42. The summed E-state index contributed by atoms with van der Waals surface area (Å²) < 4.78 is 26.0. The number of amides is 1. The number of benzene rings is 2. The highest BCUT2D eigenvalue weighted by Crippen LogP contribution is 2.32. The minimum atomic E-state index is -0.493. The van der Waals surface area contributed by atoms with Gasteiger partial charge in [-0.25, -0.2) is 9.07 Å². The maximum atomic E-state index is 13.6. The van der Waals surface area contributed by atoms with Gasteiger partial charge in [-0.2, -0.15) is 5.10 Å². The predicted molar refractivity (Wildman–Crippen MR) is 115 cm³/mol. The Morgan fingerprint density at radius 1 is 1.16 bits per heavy atom. The third kappa shape index (κ3) is 4.66. The van der Waals surface area contributed by atoms with Gasteiger partial charge >= 0.3 is 0 Å². The van der Waals surface area contributed by atoms with Crippen LogP contribution in [0.15, 0.2) is 42.5 Å². The van der Waals surface area contributed by atoms with E-state index in [9.17, 15) is 9.18 Å². The summed E-state index contributed by atoms with van der Waals surface area (Å²) in [6, 6.07) is 11.8. The first-order valence-electron chi connectivity index (χ1n) is 9.91. The van der Waals surface area contributed by atoms with Crippen molar-refractivity contribution in [1.82, 2.24) is 15.1 Å². The quantitative estimate of drug-likeness (QED) is 0.628. The second-order valence-corrected chi connectivity index (χ2v) is 8.83. The highest BCUT2D eigenvalue weighted by atomic mass is 35.5. The summed E-state index contributed by atoms with van der Waals surface area (Å²) in [5.74, 6) is 0.695. The number of ether oxygens (including phenoxy) is 2. The van der Waals surface area contributed by atoms with Gasteiger partial charge in [0.25, 0.3) is 0 Å². The molecule has 2 aromatic carbocycles. The first kappa shape index (κ1) is 21.2. The number of carbonyl (C=O) groups excluding carboxylic acids is 1. The summed E-state index contributed by atoms with van der Waals surface area (Å²) in [5, 5.41) is 7.63. The van der Waals surface area contributed by atoms with Crippen molar-refractivity contribution >= 4 is 17.5 Å². The first-order chi connectivity index (χ1) is 14.7. The molecule has 4 rings (SSSR count). The van der Waals surface area contributed by atoms with Crippen LogP contribution in [0.5, 0.6) is 11.5 Å². The van der Waals surface area contributed by atoms with Crippen LogP contribution < -0.4 is 14.8 Å². The van der Waals surface area contributed by atoms with E-state index in [4.69, 9.17) is 21.1 Å². The van der Waals surface area contributed by atoms with E-state index < -0.39 is 5.82 Å². The van der Waals surface area contributed by atoms with Crippen LogP contribution in [0.3, 0.4) is 0 Å². The number of halogens is 2. The van der Waals surface area contributed by atoms with Crippen LogP contribution in [0.4, 0.5) is 4.39 Å². The maximum Gasteiger partial charge on any atom is 0.231 e. The molecule has 0 atom stereocenters. The second kappa shape index (κ2) is 8.23. The number of fused-ring (bicyclic) bond motifs is 1. The van der Waals surface area contributed by atoms with Gasteiger partial charge in [-0.1, -0.05) is 38.4 Å². The molecule has 1 aromatic heterocycles. The molecular formula is C23H23ClFN3O3. The van der Waals surface area contributed by atoms with Crippen LogP contribution in [-0.2, 0) is 23.2 Å². The Hall–Kier alpha value is -3.06. The van der Waals surface area contributed by atoms with Crippen LogP contribution in [-0.4, -0.2) is 22.5 Å². The molecule has 0 radical (unpaired) electrons. The topological polar surface area (TPSA) is 65.4 Å². The average Bonchev–Trinajstić information content (AvgIpc) is 3.35. The summed E-state index contributed by atoms with van der Waals surface area (Å²) in [6.07, 6.45) is 0.208. The van der Waals surface area contributed by atoms with Crippen LogP contribution in [0.1, 0.15) is 37.7 Å². The van der Waals surface area contributed by atoms with Gasteiger partial charge in [0.15, 0.2) is 11.5 Å². The molecular weight excluding hydrogens is 421 g/mol. The lowest BCUT2D eigenvalue weighted by Crippen LogP contribution is -2.25. The molecule has 0 unspecified atom stereocenters. The van der Waals surface area contributed by atoms with E-state index in [1.165, 1.54) is 12.1 Å². The summed E-state index contributed by atoms with van der Waals surface area (Å²) in [4.78, 5) is 12.6. The Kier molecular flexibility index (Phi) is 5.62. The Morgan fingerprint density at radius 2 is 1.94 bits per heavy atom. The number of nitrogens with one attached hydrogen (secondary N) is 1. The SMILES string of the molecule is CC(C)(C)c1cc(CNC(=O)Cc2ccc3c(c2)OCO3)n(-c2ccc(F)c(Cl)c2)n1. The predicted octanol–water partition coefficient (Wildman–Crippen LogP) is 4.55. The molecule has 0 saturated heterocycles. The Morgan fingerprint density at radius 3 is 2.68 bits per heavy atom. The molecule has 0 fully saturated rings. The molecule has 162 valence electrons. The molecule has 0 spiro atoms. The van der Waals surface area contributed by atoms with Crippen molar-refractivity contribution in [3.8, 4) is 17.2 Å². The second-order valence-electron chi connectivity index (χ2n) is 8.42. The van der Waals surface area contributed by atoms with Gasteiger partial charge in [-0.05, 0) is 42.0 Å². The van der Waals surface area contributed by atoms with Gasteiger partial charge in [-0.15, -0.1) is 0 Å². The highest BCUT2D eigenvalue weighted by Gasteiger charge is 2.21. The lowest BCUT2D eigenvalue weighted by molar-refractivity contribution is -0.120. The zero-order valence-electron chi connectivity index (χ0n) is 17.5. The van der Waals surface area contributed by atoms with Crippen LogP contribution in [0.2, 0.25) is 5.02 Å². The zero-order valence-corrected chi connectivity index (χ0v) is 18.3. The summed E-state index contributed by atoms with van der Waals surface area (Å²) in [5.41, 5.74) is 2.89. The molecule has 0 bridgehead atoms. The number of carbonyl (C=O) groups is 1. The van der Waals surface area contributed by atoms with Gasteiger partial charge in [-0.3, -0.25) is 4.79 Å². The van der Waals surface area contributed by atoms with Gasteiger partial charge in [0, 0.05) is 5.41 Å². The van der Waals surface area contributed by atoms with Crippen molar-refractivity contribution in [2.45, 2.75) is 39.2 Å². The molecule has 1 aliphatic rings. The van der Waals surface area contributed by atoms with Crippen molar-refractivity contribution < 1.29 is 18.7 Å². The fraction of sp³-hybridized carbons (Fsp3) is 0.304. The van der Waals surface area contributed by atoms with E-state index >= 15 is 0 Å². The van der Waals surface area contributed by atoms with Gasteiger partial charge < -0.3 is 14.8 Å². The number of aromatic nitrogens is 2. The molecule has 0 aliphatic carbocycles. The summed E-state index contributed by atoms with van der Waals surface area (Å²) in [6.45, 7) is 6.62. The Bertz CT molecular complexity index is 1140. The lowest BCUT2D eigenvalue weighted by atomic mass is 9.92. The number of rotatable bonds is 5. The van der Waals surface area contributed by atoms with E-state index in [0.29, 0.717) is 17.2 Å². The maximum absolute atomic E-state index is 13.6. The highest BCUT2D eigenvalue weighted by molar-refractivity contribution is 6.30. The minimum Gasteiger partial charge on any atom is -0.454 e. The molecule has 6 nitrogen and oxygen atoms in total. The minimum absolute atomic E-state index is 0.0168. The van der Waals surface area contributed by atoms with E-state index in [1.54, 1.807) is 16.8 Å². The normalized spacial score (nSPS) is 12.8. The van der Waals surface area contributed by atoms with Crippen molar-refractivity contribution in [2.24, 2.45) is 0 Å². The third-order valence-electron chi connectivity index (χ3n) is 4.97. The average molecular weight is 444 g/mol. The molecule has 2 heterocycles. The molecule has 1 aliphatic heterocycles. The van der Waals surface area contributed by atoms with Gasteiger partial charge in [0.1, 0.15) is 5.82 Å². The number of hydrogen-bond donors (Lipinski definition) is 1. The van der Waals surface area contributed by atoms with Gasteiger partial charge in [0.2, 0.25) is 12.7 Å². The van der Waals surface area contributed by atoms with Crippen LogP contribution in [0.25, 0.3) is 5.69 Å². The van der Waals surface area contributed by atoms with E-state index in [1.807, 2.05) is 18.2 Å². The number of hydrogen-bond acceptors (Lipinski definition) is 4. The smallest absolute Gasteiger partial charge is 0.231 e. The largest absolute Gasteiger partial charge is 0.454 e. The third-order valence-corrected chi connectivity index (χ3v) is 5.26. The van der Waals surface area contributed by atoms with Crippen LogP contribution in [0, 0.1) is 5.82 Å². The van der Waals surface area contributed by atoms with E-state index in [2.05, 4.69) is 31.2 Å². The fourth-order valence-electron chi connectivity index (χ4n) is 3.24. The standard InChI is InChI=1S/C23H23ClFN3O3/c1-23(2,3)21-11-16(28(27-21)15-5-6-18(25)17(24)10-15)12-26-22(29)9-14-4-7-19-20(8-14)31-13-30-19/h4-8,10-11H,9,12-13H2,1-3H3,(H,26,29). The Balaban J connectivity index is 1.52. The molecule has 8 heteroatoms. The molecule has 3 aromatic rings. The monoisotopic (exact) mass is 443 g/mol. The lowest BCUT2D eigenvalue weighted by Gasteiger charge is -2.14. The van der Waals surface area contributed by atoms with Gasteiger partial charge in [0.05, 0.1) is 35.1 Å². The zero-order chi connectivity index (χ0) is 22.2. The summed E-state index contributed by atoms with van der Waals surface area (Å²) in [7, 11) is 0. The molecule has 31 heavy (non-hydrogen) atoms. The first-order valence-corrected chi connectivity index (χ1v) is 10.3. The Labute approximate surface area is 184 Å². The van der Waals surface area contributed by atoms with Crippen molar-refractivity contribution in [3.05, 3.63) is 70.3 Å². The molecule has 1 N–H and O–H groups in total. The van der Waals surface area contributed by atoms with Crippen LogP contribution >= 0.6 is 11.6 Å². The molecule has 1 amide bonds.